The minimum Gasteiger partial charge on any atom is -0.497 e. The number of hydrogen-bond acceptors (Lipinski definition) is 8. The highest BCUT2D eigenvalue weighted by Crippen LogP contribution is 2.33. The number of rotatable bonds is 16. The van der Waals surface area contributed by atoms with Crippen molar-refractivity contribution >= 4 is 11.8 Å². The molecule has 2 amide bonds. The summed E-state index contributed by atoms with van der Waals surface area (Å²) >= 11 is 0. The van der Waals surface area contributed by atoms with Gasteiger partial charge in [-0.1, -0.05) is 62.4 Å². The number of methoxy groups -OCH3 is 3. The van der Waals surface area contributed by atoms with E-state index in [-0.39, 0.29) is 18.6 Å². The van der Waals surface area contributed by atoms with Crippen molar-refractivity contribution in [3.05, 3.63) is 59.7 Å². The van der Waals surface area contributed by atoms with E-state index in [4.69, 9.17) is 18.9 Å². The number of aliphatic hydroxyl groups is 1. The molecule has 4 atom stereocenters. The molecule has 0 unspecified atom stereocenters. The van der Waals surface area contributed by atoms with Gasteiger partial charge in [-0.3, -0.25) is 9.59 Å². The van der Waals surface area contributed by atoms with Crippen LogP contribution in [0.25, 0.3) is 0 Å². The van der Waals surface area contributed by atoms with Crippen LogP contribution in [0.3, 0.4) is 0 Å². The third-order valence-electron chi connectivity index (χ3n) is 9.03. The van der Waals surface area contributed by atoms with Crippen molar-refractivity contribution in [2.24, 2.45) is 11.8 Å². The van der Waals surface area contributed by atoms with E-state index in [1.54, 1.807) is 26.2 Å². The van der Waals surface area contributed by atoms with Crippen LogP contribution in [0, 0.1) is 11.8 Å². The molecule has 2 fully saturated rings. The van der Waals surface area contributed by atoms with Gasteiger partial charge < -0.3 is 39.6 Å². The van der Waals surface area contributed by atoms with Crippen LogP contribution < -0.4 is 20.1 Å². The lowest BCUT2D eigenvalue weighted by molar-refractivity contribution is -0.146. The third kappa shape index (κ3) is 10.4. The van der Waals surface area contributed by atoms with Gasteiger partial charge in [0.2, 0.25) is 0 Å². The second kappa shape index (κ2) is 18.1. The summed E-state index contributed by atoms with van der Waals surface area (Å²) < 4.78 is 22.1. The average molecular weight is 626 g/mol. The quantitative estimate of drug-likeness (QED) is 0.190. The molecule has 1 aliphatic heterocycles. The number of hydrogen-bond donors (Lipinski definition) is 3. The summed E-state index contributed by atoms with van der Waals surface area (Å²) in [5, 5.41) is 17.5. The smallest absolute Gasteiger partial charge is 0.311 e. The molecule has 10 nitrogen and oxygen atoms in total. The first-order chi connectivity index (χ1) is 21.9. The Labute approximate surface area is 267 Å². The molecule has 1 heterocycles. The van der Waals surface area contributed by atoms with Gasteiger partial charge in [-0.2, -0.15) is 0 Å². The van der Waals surface area contributed by atoms with Crippen molar-refractivity contribution in [1.29, 1.82) is 0 Å². The number of nitrogens with one attached hydrogen (secondary N) is 2. The van der Waals surface area contributed by atoms with Gasteiger partial charge in [-0.05, 0) is 42.0 Å². The van der Waals surface area contributed by atoms with Crippen LogP contribution >= 0.6 is 0 Å². The number of carbonyl (C=O) groups is 2. The first-order valence-electron chi connectivity index (χ1n) is 16.3. The molecule has 1 aliphatic carbocycles. The van der Waals surface area contributed by atoms with E-state index < -0.39 is 24.0 Å². The Morgan fingerprint density at radius 1 is 0.956 bits per heavy atom. The average Bonchev–Trinajstić information content (AvgIpc) is 3.56. The van der Waals surface area contributed by atoms with Crippen molar-refractivity contribution in [1.82, 2.24) is 15.5 Å². The Morgan fingerprint density at radius 2 is 1.67 bits per heavy atom. The predicted molar refractivity (Wildman–Crippen MR) is 172 cm³/mol. The summed E-state index contributed by atoms with van der Waals surface area (Å²) in [6.07, 6.45) is 5.98. The zero-order chi connectivity index (χ0) is 32.0. The van der Waals surface area contributed by atoms with Crippen LogP contribution in [0.1, 0.15) is 62.2 Å². The van der Waals surface area contributed by atoms with Crippen molar-refractivity contribution < 1.29 is 33.6 Å². The third-order valence-corrected chi connectivity index (χ3v) is 9.03. The predicted octanol–water partition coefficient (Wildman–Crippen LogP) is 3.86. The molecule has 2 aromatic rings. The molecule has 0 aromatic heterocycles. The summed E-state index contributed by atoms with van der Waals surface area (Å²) in [6.45, 7) is 2.58. The first-order valence-corrected chi connectivity index (χ1v) is 16.3. The highest BCUT2D eigenvalue weighted by atomic mass is 16.5. The monoisotopic (exact) mass is 625 g/mol. The Balaban J connectivity index is 1.36. The van der Waals surface area contributed by atoms with E-state index in [1.165, 1.54) is 6.42 Å². The van der Waals surface area contributed by atoms with Gasteiger partial charge in [-0.25, -0.2) is 0 Å². The number of carbonyl (C=O) groups excluding carboxylic acids is 2. The number of benzene rings is 2. The van der Waals surface area contributed by atoms with Gasteiger partial charge in [0.05, 0.1) is 45.7 Å². The fourth-order valence-electron chi connectivity index (χ4n) is 6.57. The molecule has 10 heteroatoms. The summed E-state index contributed by atoms with van der Waals surface area (Å²) in [6, 6.07) is 15.1. The highest BCUT2D eigenvalue weighted by molar-refractivity contribution is 6.35. The van der Waals surface area contributed by atoms with E-state index in [0.717, 1.165) is 43.2 Å². The number of amides is 2. The number of likely N-dealkylation sites (tertiary alicyclic amines) is 1. The maximum atomic E-state index is 13.4. The summed E-state index contributed by atoms with van der Waals surface area (Å²) in [5.74, 6) is 0.623. The maximum absolute atomic E-state index is 13.4. The van der Waals surface area contributed by atoms with Crippen molar-refractivity contribution in [2.75, 3.05) is 54.2 Å². The Bertz CT molecular complexity index is 1170. The van der Waals surface area contributed by atoms with Gasteiger partial charge >= 0.3 is 11.8 Å². The van der Waals surface area contributed by atoms with Crippen LogP contribution in [-0.2, 0) is 25.6 Å². The normalized spacial score (nSPS) is 19.1. The molecule has 45 heavy (non-hydrogen) atoms. The number of nitrogens with zero attached hydrogens (tertiary/aromatic N) is 1. The standard InChI is InChI=1S/C35H51N3O7/c1-42-16-17-45-33(27-12-8-5-9-13-27)28-14-15-38(24-28)35(41)34(40)37-31(20-25-10-6-4-7-11-25)32(39)23-36-22-26-18-29(43-2)21-30(19-26)44-3/h5,8-9,12-13,18-19,21,25,28,31-33,36,39H,4,6-7,10-11,14-17,20,22-24H2,1-3H3,(H,37,40)/t28-,31+,32-,33+/m1/s1. The fourth-order valence-corrected chi connectivity index (χ4v) is 6.57. The lowest BCUT2D eigenvalue weighted by Crippen LogP contribution is -2.52. The number of ether oxygens (including phenoxy) is 4. The maximum Gasteiger partial charge on any atom is 0.311 e. The van der Waals surface area contributed by atoms with Crippen molar-refractivity contribution in [2.45, 2.75) is 69.7 Å². The molecule has 1 saturated carbocycles. The molecular weight excluding hydrogens is 574 g/mol. The zero-order valence-electron chi connectivity index (χ0n) is 27.0. The molecule has 3 N–H and O–H groups in total. The highest BCUT2D eigenvalue weighted by Gasteiger charge is 2.37. The zero-order valence-corrected chi connectivity index (χ0v) is 27.0. The summed E-state index contributed by atoms with van der Waals surface area (Å²) in [7, 11) is 4.86. The Kier molecular flexibility index (Phi) is 13.9. The molecule has 0 bridgehead atoms. The molecule has 0 spiro atoms. The van der Waals surface area contributed by atoms with Crippen molar-refractivity contribution in [3.8, 4) is 11.5 Å². The van der Waals surface area contributed by atoms with Gasteiger partial charge in [0, 0.05) is 45.3 Å². The van der Waals surface area contributed by atoms with Gasteiger partial charge in [-0.15, -0.1) is 0 Å². The van der Waals surface area contributed by atoms with E-state index >= 15 is 0 Å². The molecule has 248 valence electrons. The van der Waals surface area contributed by atoms with Crippen LogP contribution in [0.2, 0.25) is 0 Å². The largest absolute Gasteiger partial charge is 0.497 e. The van der Waals surface area contributed by atoms with Gasteiger partial charge in [0.1, 0.15) is 11.5 Å². The lowest BCUT2D eigenvalue weighted by atomic mass is 9.83. The minimum atomic E-state index is -0.862. The first kappa shape index (κ1) is 34.7. The summed E-state index contributed by atoms with van der Waals surface area (Å²) in [4.78, 5) is 28.4. The second-order valence-corrected chi connectivity index (χ2v) is 12.2. The van der Waals surface area contributed by atoms with E-state index in [9.17, 15) is 14.7 Å². The molecule has 2 aliphatic rings. The molecular formula is C35H51N3O7. The van der Waals surface area contributed by atoms with Gasteiger partial charge in [0.15, 0.2) is 0 Å². The van der Waals surface area contributed by atoms with E-state index in [2.05, 4.69) is 10.6 Å². The lowest BCUT2D eigenvalue weighted by Gasteiger charge is -2.30. The molecule has 1 saturated heterocycles. The van der Waals surface area contributed by atoms with Crippen LogP contribution in [0.5, 0.6) is 11.5 Å². The SMILES string of the molecule is COCCO[C@@H](c1ccccc1)[C@@H]1CCN(C(=O)C(=O)N[C@@H](CC2CCCCC2)[C@H](O)CNCc2cc(OC)cc(OC)c2)C1. The Hall–Kier alpha value is -3.18. The fraction of sp³-hybridized carbons (Fsp3) is 0.600. The van der Waals surface area contributed by atoms with Gasteiger partial charge in [0.25, 0.3) is 0 Å². The van der Waals surface area contributed by atoms with Crippen LogP contribution in [0.15, 0.2) is 48.5 Å². The van der Waals surface area contributed by atoms with Crippen molar-refractivity contribution in [3.63, 3.8) is 0 Å². The Morgan fingerprint density at radius 3 is 2.33 bits per heavy atom. The summed E-state index contributed by atoms with van der Waals surface area (Å²) in [5.41, 5.74) is 2.00. The van der Waals surface area contributed by atoms with E-state index in [0.29, 0.717) is 56.7 Å². The number of aliphatic hydroxyl groups excluding tert-OH is 1. The minimum absolute atomic E-state index is 0.0593. The molecule has 0 radical (unpaired) electrons. The second-order valence-electron chi connectivity index (χ2n) is 12.2. The van der Waals surface area contributed by atoms with E-state index in [1.807, 2.05) is 48.5 Å². The molecule has 2 aromatic carbocycles. The topological polar surface area (TPSA) is 119 Å². The van der Waals surface area contributed by atoms with Crippen LogP contribution in [-0.4, -0.2) is 88.1 Å². The van der Waals surface area contributed by atoms with Crippen LogP contribution in [0.4, 0.5) is 0 Å². The molecule has 4 rings (SSSR count).